The van der Waals surface area contributed by atoms with E-state index in [-0.39, 0.29) is 29.7 Å². The average molecular weight is 330 g/mol. The van der Waals surface area contributed by atoms with Crippen molar-refractivity contribution in [1.82, 2.24) is 14.9 Å². The van der Waals surface area contributed by atoms with E-state index in [2.05, 4.69) is 10.3 Å². The lowest BCUT2D eigenvalue weighted by molar-refractivity contribution is -0.132. The fraction of sp³-hybridized carbons (Fsp3) is 0.333. The summed E-state index contributed by atoms with van der Waals surface area (Å²) < 4.78 is 1.04. The van der Waals surface area contributed by atoms with Gasteiger partial charge >= 0.3 is 0 Å². The number of hydrogen-bond donors (Lipinski definition) is 2. The summed E-state index contributed by atoms with van der Waals surface area (Å²) in [5.41, 5.74) is 4.04. The maximum Gasteiger partial charge on any atom is 0.263 e. The third-order valence-electron chi connectivity index (χ3n) is 4.46. The van der Waals surface area contributed by atoms with E-state index in [1.807, 2.05) is 0 Å². The van der Waals surface area contributed by atoms with Crippen molar-refractivity contribution in [2.45, 2.75) is 30.4 Å². The monoisotopic (exact) mass is 330 g/mol. The van der Waals surface area contributed by atoms with Gasteiger partial charge in [0.15, 0.2) is 0 Å². The van der Waals surface area contributed by atoms with Gasteiger partial charge in [0.05, 0.1) is 32.0 Å². The number of aromatic nitrogens is 2. The summed E-state index contributed by atoms with van der Waals surface area (Å²) >= 11 is 0. The largest absolute Gasteiger partial charge is 0.398 e. The minimum absolute atomic E-state index is 0.102. The van der Waals surface area contributed by atoms with Gasteiger partial charge in [0.2, 0.25) is 11.8 Å². The Morgan fingerprint density at radius 3 is 2.52 bits per heavy atom. The predicted molar refractivity (Wildman–Crippen MR) is 95.5 cm³/mol. The standard InChI is InChI=1S/C15H13B3N4O3/c1-7-20-9-4-2-3-8(19)10(9)11(23)22(7)15(18)6-5-14(16,17)12(24)21-13(15)25/h2-4H,5-6,19H2,1H3,(H,21,24,25). The molecule has 3 N–H and O–H groups in total. The summed E-state index contributed by atoms with van der Waals surface area (Å²) in [6, 6.07) is 4.85. The molecule has 1 atom stereocenters. The number of aryl methyl sites for hydroxylation is 1. The van der Waals surface area contributed by atoms with Gasteiger partial charge in [0.25, 0.3) is 5.56 Å². The van der Waals surface area contributed by atoms with Crippen LogP contribution >= 0.6 is 0 Å². The Kier molecular flexibility index (Phi) is 3.81. The van der Waals surface area contributed by atoms with E-state index in [1.54, 1.807) is 18.2 Å². The zero-order chi connectivity index (χ0) is 18.6. The van der Waals surface area contributed by atoms with Gasteiger partial charge in [-0.2, -0.15) is 0 Å². The molecule has 0 saturated carbocycles. The molecular weight excluding hydrogens is 317 g/mol. The van der Waals surface area contributed by atoms with E-state index in [0.717, 1.165) is 4.57 Å². The summed E-state index contributed by atoms with van der Waals surface area (Å²) in [5.74, 6) is -1.53. The van der Waals surface area contributed by atoms with Crippen molar-refractivity contribution < 1.29 is 9.59 Å². The van der Waals surface area contributed by atoms with Gasteiger partial charge in [0, 0.05) is 5.69 Å². The van der Waals surface area contributed by atoms with Gasteiger partial charge in [-0.15, -0.1) is 0 Å². The van der Waals surface area contributed by atoms with Gasteiger partial charge in [-0.1, -0.05) is 12.5 Å². The molecule has 1 saturated heterocycles. The van der Waals surface area contributed by atoms with Crippen LogP contribution in [0.5, 0.6) is 0 Å². The molecule has 120 valence electrons. The van der Waals surface area contributed by atoms with Crippen molar-refractivity contribution in [1.29, 1.82) is 0 Å². The lowest BCUT2D eigenvalue weighted by atomic mass is 9.51. The molecule has 2 amide bonds. The molecule has 2 aromatic rings. The minimum atomic E-state index is -1.87. The Morgan fingerprint density at radius 1 is 1.16 bits per heavy atom. The van der Waals surface area contributed by atoms with Crippen molar-refractivity contribution in [3.63, 3.8) is 0 Å². The number of hydrogen-bond acceptors (Lipinski definition) is 5. The van der Waals surface area contributed by atoms with Gasteiger partial charge in [0.1, 0.15) is 13.7 Å². The molecule has 1 aliphatic heterocycles. The highest BCUT2D eigenvalue weighted by atomic mass is 16.2. The molecule has 0 spiro atoms. The second-order valence-electron chi connectivity index (χ2n) is 6.29. The predicted octanol–water partition coefficient (Wildman–Crippen LogP) is -1.00. The fourth-order valence-electron chi connectivity index (χ4n) is 3.00. The highest BCUT2D eigenvalue weighted by molar-refractivity contribution is 6.52. The van der Waals surface area contributed by atoms with E-state index < -0.39 is 28.0 Å². The van der Waals surface area contributed by atoms with Gasteiger partial charge in [-0.05, 0) is 30.7 Å². The Morgan fingerprint density at radius 2 is 1.84 bits per heavy atom. The number of rotatable bonds is 1. The number of carbonyl (C=O) groups excluding carboxylic acids is 2. The summed E-state index contributed by atoms with van der Waals surface area (Å²) in [6.07, 6.45) is -0.229. The SMILES string of the molecule is [B]C1([B])CCC([B])(n2c(C)nc3cccc(N)c3c2=O)C(=O)NC1=O. The van der Waals surface area contributed by atoms with E-state index in [0.29, 0.717) is 5.52 Å². The number of nitrogen functional groups attached to an aromatic ring is 1. The van der Waals surface area contributed by atoms with Crippen molar-refractivity contribution in [2.24, 2.45) is 0 Å². The van der Waals surface area contributed by atoms with Crippen LogP contribution < -0.4 is 16.6 Å². The fourth-order valence-corrected chi connectivity index (χ4v) is 3.00. The van der Waals surface area contributed by atoms with Crippen LogP contribution in [-0.2, 0) is 15.0 Å². The van der Waals surface area contributed by atoms with E-state index in [9.17, 15) is 14.4 Å². The molecule has 3 rings (SSSR count). The van der Waals surface area contributed by atoms with Crippen molar-refractivity contribution in [3.05, 3.63) is 34.4 Å². The van der Waals surface area contributed by atoms with Crippen molar-refractivity contribution in [3.8, 4) is 0 Å². The zero-order valence-electron chi connectivity index (χ0n) is 13.6. The van der Waals surface area contributed by atoms with Gasteiger partial charge in [-0.25, -0.2) is 4.98 Å². The summed E-state index contributed by atoms with van der Waals surface area (Å²) in [4.78, 5) is 41.8. The number of nitrogens with one attached hydrogen (secondary N) is 1. The number of nitrogens with zero attached hydrogens (tertiary/aromatic N) is 2. The molecule has 2 heterocycles. The summed E-state index contributed by atoms with van der Waals surface area (Å²) in [5, 5.41) is 0.447. The second kappa shape index (κ2) is 5.51. The molecule has 7 nitrogen and oxygen atoms in total. The van der Waals surface area contributed by atoms with Gasteiger partial charge < -0.3 is 5.73 Å². The van der Waals surface area contributed by atoms with Crippen LogP contribution in [0.25, 0.3) is 10.9 Å². The zero-order valence-corrected chi connectivity index (χ0v) is 13.6. The van der Waals surface area contributed by atoms with E-state index >= 15 is 0 Å². The maximum atomic E-state index is 13.0. The molecule has 1 aromatic heterocycles. The quantitative estimate of drug-likeness (QED) is 0.396. The summed E-state index contributed by atoms with van der Waals surface area (Å²) in [7, 11) is 17.7. The second-order valence-corrected chi connectivity index (χ2v) is 6.29. The topological polar surface area (TPSA) is 107 Å². The van der Waals surface area contributed by atoms with Crippen LogP contribution in [0.3, 0.4) is 0 Å². The van der Waals surface area contributed by atoms with Crippen LogP contribution in [0.15, 0.2) is 23.0 Å². The van der Waals surface area contributed by atoms with Crippen LogP contribution in [0.1, 0.15) is 18.7 Å². The molecular formula is C15H13B3N4O3. The Hall–Kier alpha value is -2.51. The smallest absolute Gasteiger partial charge is 0.263 e. The lowest BCUT2D eigenvalue weighted by Crippen LogP contribution is -2.54. The molecule has 1 fully saturated rings. The number of benzene rings is 1. The van der Waals surface area contributed by atoms with E-state index in [1.165, 1.54) is 6.92 Å². The Labute approximate surface area is 147 Å². The Bertz CT molecular complexity index is 972. The molecule has 1 unspecified atom stereocenters. The first-order valence-electron chi connectivity index (χ1n) is 7.59. The number of nitrogens with two attached hydrogens (primary N) is 1. The first kappa shape index (κ1) is 17.3. The van der Waals surface area contributed by atoms with Crippen molar-refractivity contribution >= 4 is 51.9 Å². The van der Waals surface area contributed by atoms with Crippen molar-refractivity contribution in [2.75, 3.05) is 5.73 Å². The lowest BCUT2D eigenvalue weighted by Gasteiger charge is -2.31. The molecule has 25 heavy (non-hydrogen) atoms. The van der Waals surface area contributed by atoms with E-state index in [4.69, 9.17) is 29.3 Å². The van der Waals surface area contributed by atoms with Crippen LogP contribution in [0, 0.1) is 6.92 Å². The Balaban J connectivity index is 2.28. The first-order valence-corrected chi connectivity index (χ1v) is 7.59. The molecule has 1 aromatic carbocycles. The summed E-state index contributed by atoms with van der Waals surface area (Å²) in [6.45, 7) is 1.54. The third-order valence-corrected chi connectivity index (χ3v) is 4.46. The number of fused-ring (bicyclic) bond motifs is 1. The number of anilines is 1. The van der Waals surface area contributed by atoms with Crippen LogP contribution in [-0.4, -0.2) is 44.9 Å². The van der Waals surface area contributed by atoms with Crippen LogP contribution in [0.2, 0.25) is 5.21 Å². The number of carbonyl (C=O) groups is 2. The molecule has 10 heteroatoms. The highest BCUT2D eigenvalue weighted by Gasteiger charge is 2.44. The normalized spacial score (nSPS) is 23.2. The minimum Gasteiger partial charge on any atom is -0.398 e. The first-order chi connectivity index (χ1) is 11.6. The maximum absolute atomic E-state index is 13.0. The highest BCUT2D eigenvalue weighted by Crippen LogP contribution is 2.33. The molecule has 1 aliphatic rings. The third kappa shape index (κ3) is 2.56. The number of amides is 2. The number of imide groups is 1. The molecule has 6 radical (unpaired) electrons. The van der Waals surface area contributed by atoms with Gasteiger partial charge in [-0.3, -0.25) is 24.3 Å². The average Bonchev–Trinajstić information content (AvgIpc) is 2.58. The molecule has 0 aliphatic carbocycles. The molecule has 0 bridgehead atoms. The van der Waals surface area contributed by atoms with Crippen LogP contribution in [0.4, 0.5) is 5.69 Å².